The summed E-state index contributed by atoms with van der Waals surface area (Å²) in [5.41, 5.74) is 0.388. The normalized spacial score (nSPS) is 10.0. The Labute approximate surface area is 110 Å². The number of hydrogen-bond acceptors (Lipinski definition) is 2. The van der Waals surface area contributed by atoms with Gasteiger partial charge in [0.15, 0.2) is 0 Å². The molecule has 3 aromatic rings. The summed E-state index contributed by atoms with van der Waals surface area (Å²) in [6, 6.07) is 17.2. The van der Waals surface area contributed by atoms with Crippen molar-refractivity contribution in [3.8, 4) is 0 Å². The highest BCUT2D eigenvalue weighted by Crippen LogP contribution is 2.28. The molecule has 0 saturated heterocycles. The average molecular weight is 254 g/mol. The first kappa shape index (κ1) is 13.1. The molecule has 3 aromatic carbocycles. The van der Waals surface area contributed by atoms with E-state index in [0.29, 0.717) is 5.56 Å². The maximum absolute atomic E-state index is 11.4. The van der Waals surface area contributed by atoms with Crippen LogP contribution in [0.25, 0.3) is 21.5 Å². The van der Waals surface area contributed by atoms with E-state index < -0.39 is 5.97 Å². The van der Waals surface area contributed by atoms with Crippen LogP contribution in [0.2, 0.25) is 0 Å². The van der Waals surface area contributed by atoms with Crippen molar-refractivity contribution in [2.45, 2.75) is 0 Å². The quantitative estimate of drug-likeness (QED) is 0.655. The summed E-state index contributed by atoms with van der Waals surface area (Å²) in [6.07, 6.45) is 0. The van der Waals surface area contributed by atoms with E-state index in [1.165, 1.54) is 0 Å². The van der Waals surface area contributed by atoms with Crippen molar-refractivity contribution in [1.82, 2.24) is 0 Å². The van der Waals surface area contributed by atoms with Crippen LogP contribution in [0, 0.1) is 0 Å². The van der Waals surface area contributed by atoms with Gasteiger partial charge < -0.3 is 10.2 Å². The number of aliphatic hydroxyl groups is 1. The van der Waals surface area contributed by atoms with Crippen molar-refractivity contribution in [1.29, 1.82) is 0 Å². The lowest BCUT2D eigenvalue weighted by atomic mass is 9.97. The Balaban J connectivity index is 0.000000637. The molecule has 0 bridgehead atoms. The molecule has 96 valence electrons. The molecule has 0 aliphatic heterocycles. The monoisotopic (exact) mass is 254 g/mol. The van der Waals surface area contributed by atoms with Gasteiger partial charge in [0.2, 0.25) is 0 Å². The standard InChI is InChI=1S/C15H10O2.CH4O/c16-15(17)14-12-7-3-1-5-10(12)9-11-6-2-4-8-13(11)14;1-2/h1-9H,(H,16,17);2H,1H3. The number of benzene rings is 3. The maximum atomic E-state index is 11.4. The van der Waals surface area contributed by atoms with E-state index >= 15 is 0 Å². The third kappa shape index (κ3) is 2.28. The second kappa shape index (κ2) is 5.50. The molecule has 0 unspecified atom stereocenters. The van der Waals surface area contributed by atoms with Crippen LogP contribution in [0.15, 0.2) is 54.6 Å². The fraction of sp³-hybridized carbons (Fsp3) is 0.0625. The second-order valence-electron chi connectivity index (χ2n) is 4.00. The predicted octanol–water partition coefficient (Wildman–Crippen LogP) is 3.30. The number of aromatic carboxylic acids is 1. The van der Waals surface area contributed by atoms with Crippen molar-refractivity contribution in [2.24, 2.45) is 0 Å². The summed E-state index contributed by atoms with van der Waals surface area (Å²) >= 11 is 0. The van der Waals surface area contributed by atoms with E-state index in [1.807, 2.05) is 54.6 Å². The number of fused-ring (bicyclic) bond motifs is 2. The summed E-state index contributed by atoms with van der Waals surface area (Å²) in [5.74, 6) is -0.877. The number of carbonyl (C=O) groups is 1. The van der Waals surface area contributed by atoms with Crippen LogP contribution < -0.4 is 0 Å². The van der Waals surface area contributed by atoms with Crippen LogP contribution in [-0.4, -0.2) is 23.3 Å². The molecule has 0 atom stereocenters. The van der Waals surface area contributed by atoms with E-state index in [2.05, 4.69) is 0 Å². The van der Waals surface area contributed by atoms with Gasteiger partial charge in [-0.15, -0.1) is 0 Å². The molecule has 0 aliphatic carbocycles. The average Bonchev–Trinajstić information content (AvgIpc) is 2.46. The topological polar surface area (TPSA) is 57.5 Å². The smallest absolute Gasteiger partial charge is 0.336 e. The number of carboxylic acid groups (broad SMARTS) is 1. The Kier molecular flexibility index (Phi) is 3.78. The van der Waals surface area contributed by atoms with Gasteiger partial charge in [0.05, 0.1) is 5.56 Å². The second-order valence-corrected chi connectivity index (χ2v) is 4.00. The van der Waals surface area contributed by atoms with E-state index in [4.69, 9.17) is 5.11 Å². The highest BCUT2D eigenvalue weighted by molar-refractivity contribution is 6.15. The minimum atomic E-state index is -0.877. The third-order valence-electron chi connectivity index (χ3n) is 2.99. The molecule has 19 heavy (non-hydrogen) atoms. The molecule has 0 amide bonds. The first-order valence-corrected chi connectivity index (χ1v) is 5.86. The fourth-order valence-corrected chi connectivity index (χ4v) is 2.24. The highest BCUT2D eigenvalue weighted by Gasteiger charge is 2.12. The fourth-order valence-electron chi connectivity index (χ4n) is 2.24. The maximum Gasteiger partial charge on any atom is 0.336 e. The van der Waals surface area contributed by atoms with Gasteiger partial charge in [-0.3, -0.25) is 0 Å². The molecule has 3 heteroatoms. The molecule has 0 saturated carbocycles. The van der Waals surface area contributed by atoms with Gasteiger partial charge in [-0.05, 0) is 27.6 Å². The van der Waals surface area contributed by atoms with E-state index in [-0.39, 0.29) is 0 Å². The van der Waals surface area contributed by atoms with Crippen molar-refractivity contribution >= 4 is 27.5 Å². The van der Waals surface area contributed by atoms with Crippen molar-refractivity contribution in [2.75, 3.05) is 7.11 Å². The Morgan fingerprint density at radius 2 is 1.26 bits per heavy atom. The van der Waals surface area contributed by atoms with Gasteiger partial charge in [0.1, 0.15) is 0 Å². The number of carboxylic acids is 1. The first-order chi connectivity index (χ1) is 9.27. The lowest BCUT2D eigenvalue weighted by Crippen LogP contribution is -1.99. The van der Waals surface area contributed by atoms with E-state index in [0.717, 1.165) is 28.7 Å². The molecule has 3 nitrogen and oxygen atoms in total. The SMILES string of the molecule is CO.O=C(O)c1c2ccccc2cc2ccccc12. The first-order valence-electron chi connectivity index (χ1n) is 5.86. The Morgan fingerprint density at radius 1 is 0.842 bits per heavy atom. The minimum absolute atomic E-state index is 0.388. The molecule has 3 rings (SSSR count). The summed E-state index contributed by atoms with van der Waals surface area (Å²) in [4.78, 5) is 11.4. The molecule has 0 heterocycles. The molecule has 0 aliphatic rings. The molecular weight excluding hydrogens is 240 g/mol. The molecular formula is C16H14O3. The van der Waals surface area contributed by atoms with Gasteiger partial charge in [-0.25, -0.2) is 4.79 Å². The molecule has 0 aromatic heterocycles. The number of aliphatic hydroxyl groups excluding tert-OH is 1. The van der Waals surface area contributed by atoms with Crippen molar-refractivity contribution in [3.63, 3.8) is 0 Å². The van der Waals surface area contributed by atoms with Crippen LogP contribution in [0.3, 0.4) is 0 Å². The molecule has 0 fully saturated rings. The van der Waals surface area contributed by atoms with Crippen LogP contribution in [-0.2, 0) is 0 Å². The summed E-state index contributed by atoms with van der Waals surface area (Å²) < 4.78 is 0. The molecule has 0 radical (unpaired) electrons. The predicted molar refractivity (Wildman–Crippen MR) is 76.6 cm³/mol. The van der Waals surface area contributed by atoms with E-state index in [1.54, 1.807) is 0 Å². The third-order valence-corrected chi connectivity index (χ3v) is 2.99. The van der Waals surface area contributed by atoms with Crippen LogP contribution in [0.5, 0.6) is 0 Å². The summed E-state index contributed by atoms with van der Waals surface area (Å²) in [7, 11) is 1.00. The van der Waals surface area contributed by atoms with Crippen LogP contribution in [0.4, 0.5) is 0 Å². The zero-order chi connectivity index (χ0) is 13.8. The lowest BCUT2D eigenvalue weighted by Gasteiger charge is -2.07. The molecule has 0 spiro atoms. The van der Waals surface area contributed by atoms with Crippen molar-refractivity contribution < 1.29 is 15.0 Å². The Morgan fingerprint density at radius 3 is 1.68 bits per heavy atom. The van der Waals surface area contributed by atoms with Crippen LogP contribution >= 0.6 is 0 Å². The van der Waals surface area contributed by atoms with Gasteiger partial charge >= 0.3 is 5.97 Å². The highest BCUT2D eigenvalue weighted by atomic mass is 16.4. The van der Waals surface area contributed by atoms with E-state index in [9.17, 15) is 9.90 Å². The summed E-state index contributed by atoms with van der Waals surface area (Å²) in [6.45, 7) is 0. The Bertz CT molecular complexity index is 678. The lowest BCUT2D eigenvalue weighted by molar-refractivity contribution is 0.0701. The van der Waals surface area contributed by atoms with Crippen LogP contribution in [0.1, 0.15) is 10.4 Å². The Hall–Kier alpha value is -2.39. The minimum Gasteiger partial charge on any atom is -0.478 e. The van der Waals surface area contributed by atoms with Gasteiger partial charge in [-0.2, -0.15) is 0 Å². The summed E-state index contributed by atoms with van der Waals surface area (Å²) in [5, 5.41) is 19.9. The van der Waals surface area contributed by atoms with Crippen molar-refractivity contribution in [3.05, 3.63) is 60.2 Å². The number of hydrogen-bond donors (Lipinski definition) is 2. The largest absolute Gasteiger partial charge is 0.478 e. The van der Waals surface area contributed by atoms with Gasteiger partial charge in [0.25, 0.3) is 0 Å². The number of rotatable bonds is 1. The van der Waals surface area contributed by atoms with Gasteiger partial charge in [-0.1, -0.05) is 48.5 Å². The molecule has 2 N–H and O–H groups in total. The van der Waals surface area contributed by atoms with Gasteiger partial charge in [0, 0.05) is 7.11 Å². The zero-order valence-electron chi connectivity index (χ0n) is 10.5. The zero-order valence-corrected chi connectivity index (χ0v) is 10.5.